The Morgan fingerprint density at radius 1 is 1.24 bits per heavy atom. The first-order chi connectivity index (χ1) is 12.0. The molecule has 1 unspecified atom stereocenters. The number of pyridine rings is 1. The minimum Gasteiger partial charge on any atom is -0.457 e. The Balaban J connectivity index is 1.66. The number of rotatable bonds is 5. The lowest BCUT2D eigenvalue weighted by atomic mass is 10.1. The zero-order valence-corrected chi connectivity index (χ0v) is 13.8. The minimum atomic E-state index is -1.78. The molecule has 0 aliphatic carbocycles. The van der Waals surface area contributed by atoms with E-state index in [0.717, 1.165) is 0 Å². The van der Waals surface area contributed by atoms with Gasteiger partial charge in [-0.2, -0.15) is 0 Å². The van der Waals surface area contributed by atoms with Crippen molar-refractivity contribution in [1.82, 2.24) is 9.38 Å². The van der Waals surface area contributed by atoms with Crippen molar-refractivity contribution in [3.63, 3.8) is 0 Å². The molecule has 2 aromatic heterocycles. The normalized spacial score (nSPS) is 12.1. The van der Waals surface area contributed by atoms with Crippen LogP contribution in [-0.2, 0) is 22.6 Å². The van der Waals surface area contributed by atoms with E-state index in [1.165, 1.54) is 16.7 Å². The monoisotopic (exact) mass is 360 g/mol. The van der Waals surface area contributed by atoms with E-state index in [1.807, 2.05) is 6.07 Å². The van der Waals surface area contributed by atoms with Crippen LogP contribution in [0.1, 0.15) is 11.3 Å². The van der Waals surface area contributed by atoms with E-state index in [-0.39, 0.29) is 24.3 Å². The number of ether oxygens (including phenoxy) is 1. The smallest absolute Gasteiger partial charge is 0.341 e. The highest BCUT2D eigenvalue weighted by Crippen LogP contribution is 2.10. The fourth-order valence-corrected chi connectivity index (χ4v) is 2.50. The predicted molar refractivity (Wildman–Crippen MR) is 91.3 cm³/mol. The maximum atomic E-state index is 14.0. The van der Waals surface area contributed by atoms with E-state index in [4.69, 9.17) is 16.3 Å². The lowest BCUT2D eigenvalue weighted by Crippen LogP contribution is -2.22. The molecule has 3 rings (SSSR count). The Morgan fingerprint density at radius 3 is 2.76 bits per heavy atom. The predicted octanol–water partition coefficient (Wildman–Crippen LogP) is 2.97. The number of esters is 1. The maximum absolute atomic E-state index is 14.0. The Hall–Kier alpha value is -2.73. The van der Waals surface area contributed by atoms with Crippen LogP contribution in [0.15, 0.2) is 59.5 Å². The Labute approximate surface area is 147 Å². The van der Waals surface area contributed by atoms with Gasteiger partial charge in [-0.25, -0.2) is 14.2 Å². The highest BCUT2D eigenvalue weighted by atomic mass is 35.5. The van der Waals surface area contributed by atoms with Crippen molar-refractivity contribution in [3.8, 4) is 0 Å². The average Bonchev–Trinajstić information content (AvgIpc) is 2.61. The topological polar surface area (TPSA) is 60.7 Å². The molecule has 0 aliphatic heterocycles. The van der Waals surface area contributed by atoms with Crippen molar-refractivity contribution in [3.05, 3.63) is 81.4 Å². The number of hydrogen-bond acceptors (Lipinski definition) is 4. The number of fused-ring (bicyclic) bond motifs is 1. The molecule has 0 saturated heterocycles. The van der Waals surface area contributed by atoms with Gasteiger partial charge >= 0.3 is 5.97 Å². The molecule has 1 atom stereocenters. The first kappa shape index (κ1) is 17.1. The van der Waals surface area contributed by atoms with Crippen molar-refractivity contribution in [2.75, 3.05) is 0 Å². The second kappa shape index (κ2) is 7.44. The van der Waals surface area contributed by atoms with Crippen LogP contribution in [0.25, 0.3) is 5.65 Å². The summed E-state index contributed by atoms with van der Waals surface area (Å²) in [5.74, 6) is -0.984. The van der Waals surface area contributed by atoms with Gasteiger partial charge in [-0.15, -0.1) is 0 Å². The van der Waals surface area contributed by atoms with E-state index in [0.29, 0.717) is 16.2 Å². The van der Waals surface area contributed by atoms with Crippen molar-refractivity contribution < 1.29 is 13.9 Å². The number of aromatic nitrogens is 2. The molecule has 0 amide bonds. The van der Waals surface area contributed by atoms with E-state index in [9.17, 15) is 14.0 Å². The number of carbonyl (C=O) groups is 1. The standard InChI is InChI=1S/C18H14ClFN2O3/c19-13-6-7-16-21-14(9-17(23)22(16)10-13)11-25-18(24)15(20)8-12-4-2-1-3-5-12/h1-7,9-10,15H,8,11H2. The van der Waals surface area contributed by atoms with E-state index >= 15 is 0 Å². The van der Waals surface area contributed by atoms with Gasteiger partial charge in [0.1, 0.15) is 12.3 Å². The van der Waals surface area contributed by atoms with Crippen molar-refractivity contribution in [2.24, 2.45) is 0 Å². The van der Waals surface area contributed by atoms with Crippen molar-refractivity contribution >= 4 is 23.2 Å². The molecule has 0 radical (unpaired) electrons. The first-order valence-electron chi connectivity index (χ1n) is 7.55. The third-order valence-electron chi connectivity index (χ3n) is 3.55. The fourth-order valence-electron chi connectivity index (χ4n) is 2.34. The Bertz CT molecular complexity index is 959. The number of halogens is 2. The molecule has 128 valence electrons. The van der Waals surface area contributed by atoms with Gasteiger partial charge in [0.2, 0.25) is 6.17 Å². The summed E-state index contributed by atoms with van der Waals surface area (Å²) >= 11 is 5.84. The van der Waals surface area contributed by atoms with Gasteiger partial charge in [-0.3, -0.25) is 9.20 Å². The van der Waals surface area contributed by atoms with Gasteiger partial charge in [0, 0.05) is 18.7 Å². The number of hydrogen-bond donors (Lipinski definition) is 0. The highest BCUT2D eigenvalue weighted by Gasteiger charge is 2.20. The fraction of sp³-hybridized carbons (Fsp3) is 0.167. The molecular formula is C18H14ClFN2O3. The summed E-state index contributed by atoms with van der Waals surface area (Å²) in [6.45, 7) is -0.275. The van der Waals surface area contributed by atoms with Crippen LogP contribution in [-0.4, -0.2) is 21.5 Å². The zero-order valence-electron chi connectivity index (χ0n) is 13.1. The second-order valence-corrected chi connectivity index (χ2v) is 5.86. The van der Waals surface area contributed by atoms with Gasteiger partial charge in [0.05, 0.1) is 10.7 Å². The quantitative estimate of drug-likeness (QED) is 0.656. The van der Waals surface area contributed by atoms with Crippen LogP contribution < -0.4 is 5.56 Å². The zero-order chi connectivity index (χ0) is 17.8. The van der Waals surface area contributed by atoms with Gasteiger partial charge in [-0.05, 0) is 17.7 Å². The van der Waals surface area contributed by atoms with Gasteiger partial charge in [0.15, 0.2) is 0 Å². The number of alkyl halides is 1. The summed E-state index contributed by atoms with van der Waals surface area (Å²) in [6.07, 6.45) is -0.395. The molecule has 0 N–H and O–H groups in total. The summed E-state index contributed by atoms with van der Waals surface area (Å²) < 4.78 is 20.2. The summed E-state index contributed by atoms with van der Waals surface area (Å²) in [5, 5.41) is 0.400. The molecule has 0 spiro atoms. The van der Waals surface area contributed by atoms with Crippen LogP contribution in [0, 0.1) is 0 Å². The SMILES string of the molecule is O=C(OCc1cc(=O)n2cc(Cl)ccc2n1)C(F)Cc1ccccc1. The number of carbonyl (C=O) groups excluding carboxylic acids is 1. The summed E-state index contributed by atoms with van der Waals surface area (Å²) in [4.78, 5) is 28.0. The Morgan fingerprint density at radius 2 is 2.00 bits per heavy atom. The summed E-state index contributed by atoms with van der Waals surface area (Å²) in [7, 11) is 0. The largest absolute Gasteiger partial charge is 0.457 e. The molecule has 0 fully saturated rings. The summed E-state index contributed by atoms with van der Waals surface area (Å²) in [5.41, 5.74) is 0.946. The minimum absolute atomic E-state index is 0.0635. The highest BCUT2D eigenvalue weighted by molar-refractivity contribution is 6.30. The van der Waals surface area contributed by atoms with Crippen molar-refractivity contribution in [1.29, 1.82) is 0 Å². The molecule has 1 aromatic carbocycles. The lowest BCUT2D eigenvalue weighted by molar-refractivity contribution is -0.151. The molecule has 2 heterocycles. The van der Waals surface area contributed by atoms with Crippen LogP contribution in [0.4, 0.5) is 4.39 Å². The average molecular weight is 361 g/mol. The van der Waals surface area contributed by atoms with E-state index in [1.54, 1.807) is 36.4 Å². The number of nitrogens with zero attached hydrogens (tertiary/aromatic N) is 2. The van der Waals surface area contributed by atoms with E-state index in [2.05, 4.69) is 4.98 Å². The van der Waals surface area contributed by atoms with Crippen LogP contribution in [0.5, 0.6) is 0 Å². The molecule has 0 aliphatic rings. The molecule has 0 bridgehead atoms. The molecule has 0 saturated carbocycles. The first-order valence-corrected chi connectivity index (χ1v) is 7.93. The Kier molecular flexibility index (Phi) is 5.09. The van der Waals surface area contributed by atoms with Crippen LogP contribution in [0.3, 0.4) is 0 Å². The van der Waals surface area contributed by atoms with Crippen LogP contribution in [0.2, 0.25) is 5.02 Å². The molecule has 5 nitrogen and oxygen atoms in total. The lowest BCUT2D eigenvalue weighted by Gasteiger charge is -2.09. The molecule has 7 heteroatoms. The van der Waals surface area contributed by atoms with Crippen LogP contribution >= 0.6 is 11.6 Å². The van der Waals surface area contributed by atoms with E-state index < -0.39 is 12.1 Å². The summed E-state index contributed by atoms with van der Waals surface area (Å²) in [6, 6.07) is 13.2. The van der Waals surface area contributed by atoms with Crippen molar-refractivity contribution in [2.45, 2.75) is 19.2 Å². The van der Waals surface area contributed by atoms with Gasteiger partial charge in [0.25, 0.3) is 5.56 Å². The molecular weight excluding hydrogens is 347 g/mol. The van der Waals surface area contributed by atoms with Gasteiger partial charge in [-0.1, -0.05) is 41.9 Å². The third kappa shape index (κ3) is 4.22. The molecule has 25 heavy (non-hydrogen) atoms. The molecule has 3 aromatic rings. The second-order valence-electron chi connectivity index (χ2n) is 5.43. The van der Waals surface area contributed by atoms with Gasteiger partial charge < -0.3 is 4.74 Å². The number of benzene rings is 1. The third-order valence-corrected chi connectivity index (χ3v) is 3.78. The maximum Gasteiger partial charge on any atom is 0.341 e.